The average Bonchev–Trinajstić information content (AvgIpc) is 2.62. The Morgan fingerprint density at radius 2 is 1.92 bits per heavy atom. The Bertz CT molecular complexity index is 742. The molecule has 0 fully saturated rings. The molecule has 5 heteroatoms. The molecule has 2 aromatic rings. The number of hydrogen-bond donors (Lipinski definition) is 1. The third-order valence-corrected chi connectivity index (χ3v) is 3.98. The molecular formula is C19H21NO4. The molecule has 1 heterocycles. The lowest BCUT2D eigenvalue weighted by Crippen LogP contribution is -2.25. The van der Waals surface area contributed by atoms with Gasteiger partial charge < -0.3 is 19.5 Å². The Hall–Kier alpha value is -2.69. The number of hydrogen-bond acceptors (Lipinski definition) is 4. The van der Waals surface area contributed by atoms with E-state index in [1.807, 2.05) is 31.2 Å². The predicted molar refractivity (Wildman–Crippen MR) is 91.2 cm³/mol. The van der Waals surface area contributed by atoms with Crippen molar-refractivity contribution in [3.05, 3.63) is 53.1 Å². The molecule has 5 nitrogen and oxygen atoms in total. The first-order chi connectivity index (χ1) is 11.7. The molecule has 0 saturated carbocycles. The summed E-state index contributed by atoms with van der Waals surface area (Å²) in [7, 11) is 1.60. The minimum absolute atomic E-state index is 0.106. The maximum Gasteiger partial charge on any atom is 0.251 e. The number of nitrogens with one attached hydrogen (secondary N) is 1. The Morgan fingerprint density at radius 1 is 1.12 bits per heavy atom. The fourth-order valence-electron chi connectivity index (χ4n) is 2.63. The zero-order valence-electron chi connectivity index (χ0n) is 13.9. The second kappa shape index (κ2) is 7.25. The van der Waals surface area contributed by atoms with Crippen LogP contribution in [0.4, 0.5) is 0 Å². The summed E-state index contributed by atoms with van der Waals surface area (Å²) in [5.41, 5.74) is 2.70. The Balaban J connectivity index is 1.57. The van der Waals surface area contributed by atoms with E-state index >= 15 is 0 Å². The van der Waals surface area contributed by atoms with E-state index in [2.05, 4.69) is 5.32 Å². The molecule has 0 radical (unpaired) electrons. The standard InChI is InChI=1S/C19H21NO4/c1-13-3-5-15(12-17(13)22-2)19(21)20-8-7-14-4-6-16-18(11-14)24-10-9-23-16/h3-6,11-12H,7-10H2,1-2H3,(H,20,21). The Kier molecular flexibility index (Phi) is 4.89. The second-order valence-electron chi connectivity index (χ2n) is 5.67. The van der Waals surface area contributed by atoms with Crippen LogP contribution in [0.5, 0.6) is 17.2 Å². The van der Waals surface area contributed by atoms with Gasteiger partial charge in [0.15, 0.2) is 11.5 Å². The highest BCUT2D eigenvalue weighted by atomic mass is 16.6. The van der Waals surface area contributed by atoms with Gasteiger partial charge in [-0.25, -0.2) is 0 Å². The van der Waals surface area contributed by atoms with Crippen LogP contribution < -0.4 is 19.5 Å². The summed E-state index contributed by atoms with van der Waals surface area (Å²) < 4.78 is 16.3. The summed E-state index contributed by atoms with van der Waals surface area (Å²) in [6, 6.07) is 11.3. The van der Waals surface area contributed by atoms with E-state index in [-0.39, 0.29) is 5.91 Å². The summed E-state index contributed by atoms with van der Waals surface area (Å²) in [6.07, 6.45) is 0.728. The predicted octanol–water partition coefficient (Wildman–Crippen LogP) is 2.75. The van der Waals surface area contributed by atoms with Gasteiger partial charge in [-0.05, 0) is 48.7 Å². The van der Waals surface area contributed by atoms with E-state index in [4.69, 9.17) is 14.2 Å². The number of carbonyl (C=O) groups is 1. The monoisotopic (exact) mass is 327 g/mol. The van der Waals surface area contributed by atoms with E-state index in [9.17, 15) is 4.79 Å². The Labute approximate surface area is 141 Å². The highest BCUT2D eigenvalue weighted by Gasteiger charge is 2.12. The first-order valence-electron chi connectivity index (χ1n) is 7.99. The minimum atomic E-state index is -0.106. The first-order valence-corrected chi connectivity index (χ1v) is 7.99. The number of benzene rings is 2. The molecule has 0 saturated heterocycles. The normalized spacial score (nSPS) is 12.6. The van der Waals surface area contributed by atoms with Crippen LogP contribution in [0.3, 0.4) is 0 Å². The molecule has 1 N–H and O–H groups in total. The van der Waals surface area contributed by atoms with Gasteiger partial charge in [0.2, 0.25) is 0 Å². The third-order valence-electron chi connectivity index (χ3n) is 3.98. The highest BCUT2D eigenvalue weighted by Crippen LogP contribution is 2.30. The van der Waals surface area contributed by atoms with E-state index < -0.39 is 0 Å². The van der Waals surface area contributed by atoms with Crippen molar-refractivity contribution >= 4 is 5.91 Å². The van der Waals surface area contributed by atoms with E-state index in [0.29, 0.717) is 25.3 Å². The number of ether oxygens (including phenoxy) is 3. The quantitative estimate of drug-likeness (QED) is 0.917. The molecule has 0 aromatic heterocycles. The van der Waals surface area contributed by atoms with Crippen molar-refractivity contribution in [2.75, 3.05) is 26.9 Å². The van der Waals surface area contributed by atoms with Gasteiger partial charge in [-0.15, -0.1) is 0 Å². The molecule has 0 unspecified atom stereocenters. The number of rotatable bonds is 5. The summed E-state index contributed by atoms with van der Waals surface area (Å²) in [6.45, 7) is 3.65. The van der Waals surface area contributed by atoms with Gasteiger partial charge in [-0.1, -0.05) is 12.1 Å². The molecule has 24 heavy (non-hydrogen) atoms. The minimum Gasteiger partial charge on any atom is -0.496 e. The summed E-state index contributed by atoms with van der Waals surface area (Å²) in [5.74, 6) is 2.16. The van der Waals surface area contributed by atoms with Crippen molar-refractivity contribution in [1.29, 1.82) is 0 Å². The maximum absolute atomic E-state index is 12.2. The number of amides is 1. The van der Waals surface area contributed by atoms with Crippen molar-refractivity contribution in [2.45, 2.75) is 13.3 Å². The van der Waals surface area contributed by atoms with Crippen LogP contribution in [0.2, 0.25) is 0 Å². The van der Waals surface area contributed by atoms with Crippen LogP contribution >= 0.6 is 0 Å². The molecule has 1 aliphatic rings. The largest absolute Gasteiger partial charge is 0.496 e. The molecule has 3 rings (SSSR count). The van der Waals surface area contributed by atoms with Crippen LogP contribution in [0.25, 0.3) is 0 Å². The SMILES string of the molecule is COc1cc(C(=O)NCCc2ccc3c(c2)OCCO3)ccc1C. The van der Waals surface area contributed by atoms with E-state index in [1.165, 1.54) is 0 Å². The lowest BCUT2D eigenvalue weighted by molar-refractivity contribution is 0.0954. The summed E-state index contributed by atoms with van der Waals surface area (Å²) in [4.78, 5) is 12.2. The van der Waals surface area contributed by atoms with Gasteiger partial charge in [0, 0.05) is 12.1 Å². The fraction of sp³-hybridized carbons (Fsp3) is 0.316. The van der Waals surface area contributed by atoms with Crippen LogP contribution in [0.1, 0.15) is 21.5 Å². The van der Waals surface area contributed by atoms with E-state index in [1.54, 1.807) is 19.2 Å². The molecule has 0 bridgehead atoms. The fourth-order valence-corrected chi connectivity index (χ4v) is 2.63. The smallest absolute Gasteiger partial charge is 0.251 e. The topological polar surface area (TPSA) is 56.8 Å². The van der Waals surface area contributed by atoms with Crippen LogP contribution in [-0.4, -0.2) is 32.8 Å². The molecule has 1 amide bonds. The number of aryl methyl sites for hydroxylation is 1. The summed E-state index contributed by atoms with van der Waals surface area (Å²) >= 11 is 0. The highest BCUT2D eigenvalue weighted by molar-refractivity contribution is 5.94. The maximum atomic E-state index is 12.2. The van der Waals surface area contributed by atoms with Crippen LogP contribution in [-0.2, 0) is 6.42 Å². The van der Waals surface area contributed by atoms with Crippen molar-refractivity contribution in [3.63, 3.8) is 0 Å². The summed E-state index contributed by atoms with van der Waals surface area (Å²) in [5, 5.41) is 2.93. The zero-order chi connectivity index (χ0) is 16.9. The van der Waals surface area contributed by atoms with Crippen LogP contribution in [0, 0.1) is 6.92 Å². The van der Waals surface area contributed by atoms with Crippen molar-refractivity contribution in [2.24, 2.45) is 0 Å². The molecule has 1 aliphatic heterocycles. The van der Waals surface area contributed by atoms with E-state index in [0.717, 1.165) is 34.8 Å². The van der Waals surface area contributed by atoms with Crippen molar-refractivity contribution in [1.82, 2.24) is 5.32 Å². The lowest BCUT2D eigenvalue weighted by Gasteiger charge is -2.18. The van der Waals surface area contributed by atoms with Gasteiger partial charge in [0.1, 0.15) is 19.0 Å². The molecule has 2 aromatic carbocycles. The molecule has 0 spiro atoms. The molecule has 0 atom stereocenters. The average molecular weight is 327 g/mol. The number of carbonyl (C=O) groups excluding carboxylic acids is 1. The Morgan fingerprint density at radius 3 is 2.71 bits per heavy atom. The number of fused-ring (bicyclic) bond motifs is 1. The van der Waals surface area contributed by atoms with Crippen molar-refractivity contribution in [3.8, 4) is 17.2 Å². The van der Waals surface area contributed by atoms with Gasteiger partial charge >= 0.3 is 0 Å². The number of methoxy groups -OCH3 is 1. The van der Waals surface area contributed by atoms with Gasteiger partial charge in [-0.3, -0.25) is 4.79 Å². The van der Waals surface area contributed by atoms with Crippen LogP contribution in [0.15, 0.2) is 36.4 Å². The van der Waals surface area contributed by atoms with Crippen molar-refractivity contribution < 1.29 is 19.0 Å². The molecule has 0 aliphatic carbocycles. The first kappa shape index (κ1) is 16.2. The third kappa shape index (κ3) is 3.62. The van der Waals surface area contributed by atoms with Gasteiger partial charge in [-0.2, -0.15) is 0 Å². The lowest BCUT2D eigenvalue weighted by atomic mass is 10.1. The molecule has 126 valence electrons. The van der Waals surface area contributed by atoms with Gasteiger partial charge in [0.25, 0.3) is 5.91 Å². The molecular weight excluding hydrogens is 306 g/mol. The zero-order valence-corrected chi connectivity index (χ0v) is 13.9. The van der Waals surface area contributed by atoms with Gasteiger partial charge in [0.05, 0.1) is 7.11 Å². The second-order valence-corrected chi connectivity index (χ2v) is 5.67.